The maximum absolute atomic E-state index is 13.9. The number of hydrogen-bond acceptors (Lipinski definition) is 6. The third kappa shape index (κ3) is 8.67. The van der Waals surface area contributed by atoms with Crippen LogP contribution in [0.1, 0.15) is 44.3 Å². The molecular formula is C38H36ClNO6S. The van der Waals surface area contributed by atoms with Crippen molar-refractivity contribution in [2.75, 3.05) is 6.54 Å². The number of sulfone groups is 1. The van der Waals surface area contributed by atoms with Gasteiger partial charge in [-0.15, -0.1) is 0 Å². The third-order valence-corrected chi connectivity index (χ3v) is 9.88. The number of aromatic carboxylic acids is 1. The lowest BCUT2D eigenvalue weighted by molar-refractivity contribution is 0.0691. The summed E-state index contributed by atoms with van der Waals surface area (Å²) >= 11 is 6.19. The summed E-state index contributed by atoms with van der Waals surface area (Å²) < 4.78 is 33.7. The number of nitrogens with one attached hydrogen (secondary N) is 1. The number of halogens is 1. The number of carboxylic acids is 1. The van der Waals surface area contributed by atoms with Crippen molar-refractivity contribution < 1.29 is 28.2 Å². The van der Waals surface area contributed by atoms with Gasteiger partial charge in [0.2, 0.25) is 9.84 Å². The van der Waals surface area contributed by atoms with Gasteiger partial charge in [-0.3, -0.25) is 0 Å². The Hall–Kier alpha value is -4.47. The first kappa shape index (κ1) is 33.9. The highest BCUT2D eigenvalue weighted by Gasteiger charge is 2.28. The van der Waals surface area contributed by atoms with Gasteiger partial charge in [0.15, 0.2) is 5.75 Å². The van der Waals surface area contributed by atoms with E-state index in [0.29, 0.717) is 30.0 Å². The monoisotopic (exact) mass is 669 g/mol. The molecule has 0 heterocycles. The molecule has 242 valence electrons. The molecule has 0 aliphatic rings. The Labute approximate surface area is 280 Å². The molecule has 0 aromatic heterocycles. The van der Waals surface area contributed by atoms with E-state index in [0.717, 1.165) is 22.3 Å². The first-order valence-corrected chi connectivity index (χ1v) is 17.1. The third-order valence-electron chi connectivity index (χ3n) is 7.87. The van der Waals surface area contributed by atoms with E-state index in [1.165, 1.54) is 24.3 Å². The summed E-state index contributed by atoms with van der Waals surface area (Å²) in [6.07, 6.45) is 0.368. The average Bonchev–Trinajstić information content (AvgIpc) is 3.07. The molecule has 9 heteroatoms. The number of aliphatic hydroxyl groups is 1. The molecule has 0 radical (unpaired) electrons. The molecule has 2 atom stereocenters. The fraction of sp³-hybridized carbons (Fsp3) is 0.184. The number of aryl methyl sites for hydroxylation is 1. The van der Waals surface area contributed by atoms with Crippen molar-refractivity contribution in [2.45, 2.75) is 48.3 Å². The molecule has 0 aliphatic heterocycles. The van der Waals surface area contributed by atoms with E-state index in [1.807, 2.05) is 72.8 Å². The van der Waals surface area contributed by atoms with E-state index < -0.39 is 21.9 Å². The molecule has 47 heavy (non-hydrogen) atoms. The van der Waals surface area contributed by atoms with Crippen LogP contribution in [0.4, 0.5) is 0 Å². The van der Waals surface area contributed by atoms with Crippen LogP contribution in [-0.4, -0.2) is 37.2 Å². The number of carboxylic acid groups (broad SMARTS) is 1. The van der Waals surface area contributed by atoms with Gasteiger partial charge < -0.3 is 20.3 Å². The predicted molar refractivity (Wildman–Crippen MR) is 183 cm³/mol. The topological polar surface area (TPSA) is 113 Å². The van der Waals surface area contributed by atoms with E-state index in [4.69, 9.17) is 16.3 Å². The van der Waals surface area contributed by atoms with Crippen LogP contribution in [0.15, 0.2) is 131 Å². The highest BCUT2D eigenvalue weighted by atomic mass is 35.5. The molecule has 5 rings (SSSR count). The van der Waals surface area contributed by atoms with Crippen LogP contribution in [0, 0.1) is 6.92 Å². The van der Waals surface area contributed by atoms with E-state index >= 15 is 0 Å². The molecule has 5 aromatic carbocycles. The van der Waals surface area contributed by atoms with Crippen molar-refractivity contribution in [1.82, 2.24) is 5.32 Å². The van der Waals surface area contributed by atoms with Crippen LogP contribution >= 0.6 is 11.6 Å². The van der Waals surface area contributed by atoms with Gasteiger partial charge in [-0.25, -0.2) is 13.2 Å². The van der Waals surface area contributed by atoms with E-state index in [9.17, 15) is 23.4 Å². The second-order valence-electron chi connectivity index (χ2n) is 11.4. The SMILES string of the molecule is Cc1cc(C(=O)O)c(OCc2ccccc2)c(S(=O)(=O)c2ccc(CCNC(Cc3ccccc3)[C@H](O)c3cccc(Cl)c3)cc2)c1. The Balaban J connectivity index is 1.33. The van der Waals surface area contributed by atoms with Crippen LogP contribution in [0.3, 0.4) is 0 Å². The summed E-state index contributed by atoms with van der Waals surface area (Å²) in [5.74, 6) is -1.47. The summed E-state index contributed by atoms with van der Waals surface area (Å²) in [6, 6.07) is 35.3. The normalized spacial score (nSPS) is 12.7. The smallest absolute Gasteiger partial charge is 0.339 e. The minimum absolute atomic E-state index is 0.00984. The highest BCUT2D eigenvalue weighted by Crippen LogP contribution is 2.35. The Morgan fingerprint density at radius 3 is 2.13 bits per heavy atom. The highest BCUT2D eigenvalue weighted by molar-refractivity contribution is 7.91. The maximum Gasteiger partial charge on any atom is 0.339 e. The summed E-state index contributed by atoms with van der Waals surface area (Å²) in [4.78, 5) is 12.0. The fourth-order valence-electron chi connectivity index (χ4n) is 5.43. The molecular weight excluding hydrogens is 634 g/mol. The molecule has 0 fully saturated rings. The van der Waals surface area contributed by atoms with E-state index in [2.05, 4.69) is 5.32 Å². The number of aliphatic hydroxyl groups excluding tert-OH is 1. The first-order chi connectivity index (χ1) is 22.6. The summed E-state index contributed by atoms with van der Waals surface area (Å²) in [7, 11) is -4.13. The lowest BCUT2D eigenvalue weighted by Crippen LogP contribution is -2.38. The minimum Gasteiger partial charge on any atom is -0.487 e. The molecule has 0 amide bonds. The number of rotatable bonds is 14. The lowest BCUT2D eigenvalue weighted by Gasteiger charge is -2.25. The van der Waals surface area contributed by atoms with Gasteiger partial charge in [0.25, 0.3) is 0 Å². The molecule has 0 spiro atoms. The van der Waals surface area contributed by atoms with Gasteiger partial charge in [-0.05, 0) is 90.5 Å². The van der Waals surface area contributed by atoms with Gasteiger partial charge in [0, 0.05) is 11.1 Å². The second kappa shape index (κ2) is 15.4. The number of hydrogen-bond donors (Lipinski definition) is 3. The minimum atomic E-state index is -4.13. The molecule has 0 bridgehead atoms. The van der Waals surface area contributed by atoms with Crippen molar-refractivity contribution in [3.05, 3.63) is 160 Å². The van der Waals surface area contributed by atoms with Crippen molar-refractivity contribution in [3.8, 4) is 5.75 Å². The Kier molecular flexibility index (Phi) is 11.1. The molecule has 0 saturated heterocycles. The molecule has 0 saturated carbocycles. The van der Waals surface area contributed by atoms with Gasteiger partial charge in [-0.2, -0.15) is 0 Å². The zero-order valence-corrected chi connectivity index (χ0v) is 27.4. The lowest BCUT2D eigenvalue weighted by atomic mass is 9.96. The molecule has 5 aromatic rings. The van der Waals surface area contributed by atoms with Crippen molar-refractivity contribution in [2.24, 2.45) is 0 Å². The summed E-state index contributed by atoms with van der Waals surface area (Å²) in [5, 5.41) is 25.2. The molecule has 1 unspecified atom stereocenters. The second-order valence-corrected chi connectivity index (χ2v) is 13.7. The quantitative estimate of drug-likeness (QED) is 0.114. The average molecular weight is 670 g/mol. The van der Waals surface area contributed by atoms with E-state index in [-0.39, 0.29) is 33.8 Å². The standard InChI is InChI=1S/C38H36ClNO6S/c1-26-21-33(38(42)43)37(46-25-29-11-6-3-7-12-29)35(22-26)47(44,45)32-17-15-27(16-18-32)19-20-40-34(23-28-9-4-2-5-10-28)36(41)30-13-8-14-31(39)24-30/h2-18,21-22,24,34,36,40-41H,19-20,23,25H2,1H3,(H,42,43)/t34?,36-/m1/s1. The van der Waals surface area contributed by atoms with Crippen LogP contribution in [-0.2, 0) is 29.3 Å². The zero-order valence-electron chi connectivity index (χ0n) is 25.8. The first-order valence-electron chi connectivity index (χ1n) is 15.2. The van der Waals surface area contributed by atoms with Crippen LogP contribution in [0.25, 0.3) is 0 Å². The maximum atomic E-state index is 13.9. The number of benzene rings is 5. The largest absolute Gasteiger partial charge is 0.487 e. The summed E-state index contributed by atoms with van der Waals surface area (Å²) in [6.45, 7) is 2.19. The van der Waals surface area contributed by atoms with Crippen LogP contribution in [0.5, 0.6) is 5.75 Å². The molecule has 3 N–H and O–H groups in total. The van der Waals surface area contributed by atoms with Crippen LogP contribution in [0.2, 0.25) is 5.02 Å². The van der Waals surface area contributed by atoms with Crippen molar-refractivity contribution >= 4 is 27.4 Å². The zero-order chi connectivity index (χ0) is 33.4. The molecule has 0 aliphatic carbocycles. The Bertz CT molecular complexity index is 1920. The fourth-order valence-corrected chi connectivity index (χ4v) is 7.13. The Morgan fingerprint density at radius 1 is 0.830 bits per heavy atom. The van der Waals surface area contributed by atoms with Gasteiger partial charge >= 0.3 is 5.97 Å². The van der Waals surface area contributed by atoms with Gasteiger partial charge in [-0.1, -0.05) is 96.5 Å². The number of ether oxygens (including phenoxy) is 1. The Morgan fingerprint density at radius 2 is 1.49 bits per heavy atom. The van der Waals surface area contributed by atoms with Gasteiger partial charge in [0.05, 0.1) is 11.0 Å². The van der Waals surface area contributed by atoms with Crippen molar-refractivity contribution in [1.29, 1.82) is 0 Å². The van der Waals surface area contributed by atoms with Gasteiger partial charge in [0.1, 0.15) is 17.1 Å². The van der Waals surface area contributed by atoms with Crippen LogP contribution < -0.4 is 10.1 Å². The van der Waals surface area contributed by atoms with E-state index in [1.54, 1.807) is 31.2 Å². The molecule has 7 nitrogen and oxygen atoms in total. The predicted octanol–water partition coefficient (Wildman–Crippen LogP) is 7.24. The van der Waals surface area contributed by atoms with Crippen molar-refractivity contribution in [3.63, 3.8) is 0 Å². The summed E-state index contributed by atoms with van der Waals surface area (Å²) in [5.41, 5.74) is 3.73. The number of carbonyl (C=O) groups is 1.